The summed E-state index contributed by atoms with van der Waals surface area (Å²) < 4.78 is 50.0. The van der Waals surface area contributed by atoms with E-state index in [0.29, 0.717) is 67.6 Å². The number of aromatic nitrogens is 3. The number of ether oxygens (including phenoxy) is 2. The molecule has 4 aromatic rings. The van der Waals surface area contributed by atoms with Crippen molar-refractivity contribution in [2.24, 2.45) is 11.3 Å². The number of anilines is 2. The SMILES string of the molecule is COC(=O)NCC(=O)N1CC(C)CC1c1ncc(-c2ccc(-c3cc(Cl)c(NC(=O)c4ccc(N5CCN(C(=O)C(C)(C)C)CC5)nc4)cc3OC(F)(F)F)cc2)[nH]1. The lowest BCUT2D eigenvalue weighted by molar-refractivity contribution is -0.274. The molecule has 2 atom stereocenters. The number of hydrogen-bond acceptors (Lipinski definition) is 9. The van der Waals surface area contributed by atoms with Crippen LogP contribution in [0.25, 0.3) is 22.4 Å². The number of rotatable bonds is 9. The maximum Gasteiger partial charge on any atom is 0.573 e. The molecule has 2 fully saturated rings. The van der Waals surface area contributed by atoms with E-state index in [1.54, 1.807) is 47.5 Å². The molecule has 6 rings (SSSR count). The van der Waals surface area contributed by atoms with Crippen LogP contribution in [0.1, 0.15) is 56.3 Å². The molecule has 2 saturated heterocycles. The summed E-state index contributed by atoms with van der Waals surface area (Å²) in [5.74, 6) is -0.0733. The molecule has 0 bridgehead atoms. The van der Waals surface area contributed by atoms with Crippen molar-refractivity contribution in [1.29, 1.82) is 0 Å². The van der Waals surface area contributed by atoms with Gasteiger partial charge in [0.15, 0.2) is 0 Å². The highest BCUT2D eigenvalue weighted by molar-refractivity contribution is 6.34. The van der Waals surface area contributed by atoms with Gasteiger partial charge in [0.05, 0.1) is 41.3 Å². The summed E-state index contributed by atoms with van der Waals surface area (Å²) in [6.07, 6.45) is -2.14. The van der Waals surface area contributed by atoms with Crippen molar-refractivity contribution in [3.05, 3.63) is 77.3 Å². The number of halogens is 4. The number of likely N-dealkylation sites (tertiary alicyclic amines) is 1. The average Bonchev–Trinajstić information content (AvgIpc) is 3.84. The Balaban J connectivity index is 1.15. The standard InChI is InChI=1S/C40H44ClF3N8O6/c1-23-16-31(52(22-23)34(53)21-47-38(56)57-5)35-46-20-30(48-35)25-8-6-24(7-9-25)27-17-28(41)29(18-32(27)58-40(42,43)44)49-36(54)26-10-11-33(45-19-26)50-12-14-51(15-13-50)37(55)39(2,3)4/h6-11,17-20,23,31H,12-16,21-22H2,1-5H3,(H,46,48)(H,47,56)(H,49,54). The predicted octanol–water partition coefficient (Wildman–Crippen LogP) is 6.90. The van der Waals surface area contributed by atoms with Crippen LogP contribution in [-0.4, -0.2) is 101 Å². The van der Waals surface area contributed by atoms with Gasteiger partial charge in [0, 0.05) is 56.0 Å². The van der Waals surface area contributed by atoms with Gasteiger partial charge in [-0.3, -0.25) is 14.4 Å². The Bertz CT molecular complexity index is 2150. The van der Waals surface area contributed by atoms with Crippen molar-refractivity contribution in [2.45, 2.75) is 46.5 Å². The van der Waals surface area contributed by atoms with Crippen LogP contribution < -0.4 is 20.3 Å². The zero-order valence-electron chi connectivity index (χ0n) is 32.6. The Morgan fingerprint density at radius 1 is 0.948 bits per heavy atom. The molecule has 3 N–H and O–H groups in total. The minimum absolute atomic E-state index is 0.0286. The number of carbonyl (C=O) groups is 4. The van der Waals surface area contributed by atoms with Crippen LogP contribution in [0, 0.1) is 11.3 Å². The lowest BCUT2D eigenvalue weighted by Gasteiger charge is -2.38. The van der Waals surface area contributed by atoms with Crippen LogP contribution in [0.5, 0.6) is 5.75 Å². The number of aromatic amines is 1. The summed E-state index contributed by atoms with van der Waals surface area (Å²) in [6, 6.07) is 11.8. The van der Waals surface area contributed by atoms with E-state index in [-0.39, 0.29) is 52.2 Å². The molecule has 2 aromatic heterocycles. The van der Waals surface area contributed by atoms with Crippen molar-refractivity contribution in [3.8, 4) is 28.1 Å². The van der Waals surface area contributed by atoms with E-state index in [1.165, 1.54) is 19.4 Å². The minimum atomic E-state index is -5.05. The number of imidazole rings is 1. The van der Waals surface area contributed by atoms with Gasteiger partial charge in [-0.1, -0.05) is 63.6 Å². The van der Waals surface area contributed by atoms with Gasteiger partial charge in [-0.25, -0.2) is 14.8 Å². The monoisotopic (exact) mass is 824 g/mol. The maximum absolute atomic E-state index is 13.7. The number of methoxy groups -OCH3 is 1. The molecule has 2 aromatic carbocycles. The Hall–Kier alpha value is -5.84. The van der Waals surface area contributed by atoms with Crippen molar-refractivity contribution >= 4 is 46.9 Å². The Morgan fingerprint density at radius 3 is 2.26 bits per heavy atom. The summed E-state index contributed by atoms with van der Waals surface area (Å²) in [4.78, 5) is 68.0. The highest BCUT2D eigenvalue weighted by atomic mass is 35.5. The van der Waals surface area contributed by atoms with Gasteiger partial charge in [0.2, 0.25) is 11.8 Å². The number of pyridine rings is 1. The van der Waals surface area contributed by atoms with Crippen LogP contribution in [0.2, 0.25) is 5.02 Å². The first kappa shape index (κ1) is 41.8. The van der Waals surface area contributed by atoms with E-state index >= 15 is 0 Å². The molecule has 0 radical (unpaired) electrons. The number of piperazine rings is 1. The molecule has 0 saturated carbocycles. The molecular weight excluding hydrogens is 781 g/mol. The number of alkyl carbamates (subject to hydrolysis) is 1. The summed E-state index contributed by atoms with van der Waals surface area (Å²) in [7, 11) is 1.21. The van der Waals surface area contributed by atoms with Gasteiger partial charge >= 0.3 is 12.5 Å². The molecular formula is C40H44ClF3N8O6. The van der Waals surface area contributed by atoms with Crippen LogP contribution in [-0.2, 0) is 14.3 Å². The highest BCUT2D eigenvalue weighted by Crippen LogP contribution is 2.41. The predicted molar refractivity (Wildman–Crippen MR) is 210 cm³/mol. The van der Waals surface area contributed by atoms with Crippen LogP contribution in [0.15, 0.2) is 60.9 Å². The molecule has 0 spiro atoms. The molecule has 0 aliphatic carbocycles. The fourth-order valence-corrected chi connectivity index (χ4v) is 7.19. The Labute approximate surface area is 338 Å². The smallest absolute Gasteiger partial charge is 0.453 e. The average molecular weight is 825 g/mol. The van der Waals surface area contributed by atoms with Gasteiger partial charge in [-0.2, -0.15) is 0 Å². The Morgan fingerprint density at radius 2 is 1.64 bits per heavy atom. The zero-order valence-corrected chi connectivity index (χ0v) is 33.3. The van der Waals surface area contributed by atoms with E-state index in [2.05, 4.69) is 35.1 Å². The van der Waals surface area contributed by atoms with Gasteiger partial charge in [-0.05, 0) is 41.7 Å². The van der Waals surface area contributed by atoms with E-state index < -0.39 is 29.5 Å². The van der Waals surface area contributed by atoms with Gasteiger partial charge in [-0.15, -0.1) is 13.2 Å². The van der Waals surface area contributed by atoms with E-state index in [1.807, 2.05) is 37.5 Å². The number of amides is 4. The first-order valence-electron chi connectivity index (χ1n) is 18.6. The highest BCUT2D eigenvalue weighted by Gasteiger charge is 2.36. The molecule has 2 unspecified atom stereocenters. The largest absolute Gasteiger partial charge is 0.573 e. The van der Waals surface area contributed by atoms with Crippen LogP contribution >= 0.6 is 11.6 Å². The lowest BCUT2D eigenvalue weighted by atomic mass is 9.94. The topological polar surface area (TPSA) is 162 Å². The number of H-pyrrole nitrogens is 1. The Kier molecular flexibility index (Phi) is 12.2. The number of alkyl halides is 3. The molecule has 308 valence electrons. The first-order chi connectivity index (χ1) is 27.4. The second-order valence-electron chi connectivity index (χ2n) is 15.3. The van der Waals surface area contributed by atoms with Crippen molar-refractivity contribution in [3.63, 3.8) is 0 Å². The minimum Gasteiger partial charge on any atom is -0.453 e. The van der Waals surface area contributed by atoms with Crippen molar-refractivity contribution < 1.29 is 41.8 Å². The van der Waals surface area contributed by atoms with Crippen LogP contribution in [0.4, 0.5) is 29.5 Å². The number of benzene rings is 2. The number of carbonyl (C=O) groups excluding carboxylic acids is 4. The summed E-state index contributed by atoms with van der Waals surface area (Å²) >= 11 is 6.55. The fourth-order valence-electron chi connectivity index (χ4n) is 6.98. The number of hydrogen-bond donors (Lipinski definition) is 3. The third-order valence-corrected chi connectivity index (χ3v) is 10.2. The summed E-state index contributed by atoms with van der Waals surface area (Å²) in [5.41, 5.74) is 1.24. The lowest BCUT2D eigenvalue weighted by Crippen LogP contribution is -2.51. The quantitative estimate of drug-likeness (QED) is 0.163. The maximum atomic E-state index is 13.7. The second-order valence-corrected chi connectivity index (χ2v) is 15.7. The summed E-state index contributed by atoms with van der Waals surface area (Å²) in [6.45, 7) is 10.1. The number of nitrogens with zero attached hydrogens (tertiary/aromatic N) is 5. The molecule has 4 amide bonds. The summed E-state index contributed by atoms with van der Waals surface area (Å²) in [5, 5.41) is 4.95. The van der Waals surface area contributed by atoms with Crippen molar-refractivity contribution in [1.82, 2.24) is 30.1 Å². The van der Waals surface area contributed by atoms with Crippen molar-refractivity contribution in [2.75, 3.05) is 56.6 Å². The van der Waals surface area contributed by atoms with Crippen LogP contribution in [0.3, 0.4) is 0 Å². The zero-order chi connectivity index (χ0) is 41.9. The van der Waals surface area contributed by atoms with Gasteiger partial charge in [0.1, 0.15) is 23.9 Å². The number of nitrogens with one attached hydrogen (secondary N) is 3. The third-order valence-electron chi connectivity index (χ3n) is 9.90. The first-order valence-corrected chi connectivity index (χ1v) is 19.0. The fraction of sp³-hybridized carbons (Fsp3) is 0.400. The molecule has 18 heteroatoms. The molecule has 2 aliphatic heterocycles. The van der Waals surface area contributed by atoms with E-state index in [0.717, 1.165) is 6.07 Å². The normalized spacial score (nSPS) is 17.2. The second kappa shape index (κ2) is 16.9. The van der Waals surface area contributed by atoms with Gasteiger partial charge in [0.25, 0.3) is 5.91 Å². The van der Waals surface area contributed by atoms with E-state index in [4.69, 9.17) is 11.6 Å². The third kappa shape index (κ3) is 9.81. The molecule has 2 aliphatic rings. The van der Waals surface area contributed by atoms with E-state index in [9.17, 15) is 32.3 Å². The molecule has 58 heavy (non-hydrogen) atoms. The molecule has 14 nitrogen and oxygen atoms in total. The molecule has 4 heterocycles. The van der Waals surface area contributed by atoms with Gasteiger partial charge < -0.3 is 39.8 Å².